The lowest BCUT2D eigenvalue weighted by Gasteiger charge is -2.30. The van der Waals surface area contributed by atoms with Crippen LogP contribution in [-0.4, -0.2) is 146 Å². The van der Waals surface area contributed by atoms with Crippen LogP contribution in [0.2, 0.25) is 0 Å². The van der Waals surface area contributed by atoms with Gasteiger partial charge in [0.15, 0.2) is 0 Å². The molecular weight excluding hydrogens is 634 g/mol. The number of ether oxygens (including phenoxy) is 8. The van der Waals surface area contributed by atoms with Crippen molar-refractivity contribution in [3.63, 3.8) is 0 Å². The monoisotopic (exact) mass is 689 g/mol. The Bertz CT molecular complexity index is 983. The van der Waals surface area contributed by atoms with Crippen LogP contribution in [0.25, 0.3) is 0 Å². The van der Waals surface area contributed by atoms with Gasteiger partial charge in [0.1, 0.15) is 11.4 Å². The standard InChI is InChI=1S/C30H55N7O9S/c1-5-19-47-20-6-29(38)31-30(2,25-45-23-27-21-36(34-32-27)7-9-41-15-17-43-13-11-39-3)26-46-24-28-22-37(35-33-28)8-10-42-16-18-44-14-12-40-4/h21-22H,5-20,23-26H2,1-4H3,(H,31,38). The minimum Gasteiger partial charge on any atom is -0.382 e. The molecule has 270 valence electrons. The van der Waals surface area contributed by atoms with Crippen molar-refractivity contribution in [3.8, 4) is 0 Å². The highest BCUT2D eigenvalue weighted by molar-refractivity contribution is 7.99. The zero-order chi connectivity index (χ0) is 33.8. The molecule has 16 nitrogen and oxygen atoms in total. The van der Waals surface area contributed by atoms with Crippen LogP contribution in [0.3, 0.4) is 0 Å². The first-order chi connectivity index (χ1) is 23.0. The molecule has 2 aromatic heterocycles. The van der Waals surface area contributed by atoms with Gasteiger partial charge in [-0.1, -0.05) is 17.4 Å². The summed E-state index contributed by atoms with van der Waals surface area (Å²) in [5.41, 5.74) is 0.590. The summed E-state index contributed by atoms with van der Waals surface area (Å²) in [6.45, 7) is 11.3. The van der Waals surface area contributed by atoms with Crippen molar-refractivity contribution >= 4 is 17.7 Å². The van der Waals surface area contributed by atoms with E-state index in [0.717, 1.165) is 17.9 Å². The fourth-order valence-corrected chi connectivity index (χ4v) is 4.78. The molecule has 2 rings (SSSR count). The lowest BCUT2D eigenvalue weighted by atomic mass is 10.1. The Morgan fingerprint density at radius 2 is 1.19 bits per heavy atom. The molecule has 1 amide bonds. The van der Waals surface area contributed by atoms with Crippen LogP contribution in [0.15, 0.2) is 12.4 Å². The normalized spacial score (nSPS) is 11.8. The van der Waals surface area contributed by atoms with Gasteiger partial charge in [-0.3, -0.25) is 4.79 Å². The summed E-state index contributed by atoms with van der Waals surface area (Å²) < 4.78 is 47.2. The Morgan fingerprint density at radius 3 is 1.66 bits per heavy atom. The first-order valence-corrected chi connectivity index (χ1v) is 17.2. The van der Waals surface area contributed by atoms with Crippen molar-refractivity contribution in [1.29, 1.82) is 0 Å². The molecule has 0 aliphatic carbocycles. The number of amides is 1. The van der Waals surface area contributed by atoms with Gasteiger partial charge < -0.3 is 43.2 Å². The molecule has 0 aliphatic heterocycles. The summed E-state index contributed by atoms with van der Waals surface area (Å²) >= 11 is 1.77. The molecule has 2 heterocycles. The molecule has 2 aromatic rings. The van der Waals surface area contributed by atoms with E-state index >= 15 is 0 Å². The van der Waals surface area contributed by atoms with E-state index in [0.29, 0.717) is 97.0 Å². The largest absolute Gasteiger partial charge is 0.382 e. The smallest absolute Gasteiger partial charge is 0.221 e. The molecule has 0 bridgehead atoms. The first-order valence-electron chi connectivity index (χ1n) is 16.1. The predicted molar refractivity (Wildman–Crippen MR) is 175 cm³/mol. The molecule has 0 aliphatic rings. The van der Waals surface area contributed by atoms with Gasteiger partial charge in [0.2, 0.25) is 5.91 Å². The van der Waals surface area contributed by atoms with Crippen molar-refractivity contribution in [2.75, 3.05) is 105 Å². The minimum absolute atomic E-state index is 0.0478. The zero-order valence-electron chi connectivity index (χ0n) is 28.6. The van der Waals surface area contributed by atoms with Crippen LogP contribution in [0, 0.1) is 0 Å². The second-order valence-electron chi connectivity index (χ2n) is 10.8. The summed E-state index contributed by atoms with van der Waals surface area (Å²) in [6.07, 6.45) is 5.14. The number of aromatic nitrogens is 6. The number of carbonyl (C=O) groups is 1. The number of nitrogens with one attached hydrogen (secondary N) is 1. The topological polar surface area (TPSA) is 164 Å². The predicted octanol–water partition coefficient (Wildman–Crippen LogP) is 1.37. The van der Waals surface area contributed by atoms with Crippen molar-refractivity contribution in [3.05, 3.63) is 23.8 Å². The summed E-state index contributed by atoms with van der Waals surface area (Å²) in [6, 6.07) is 0. The van der Waals surface area contributed by atoms with Gasteiger partial charge >= 0.3 is 0 Å². The number of methoxy groups -OCH3 is 2. The maximum Gasteiger partial charge on any atom is 0.221 e. The molecule has 17 heteroatoms. The number of hydrogen-bond acceptors (Lipinski definition) is 14. The Balaban J connectivity index is 1.75. The van der Waals surface area contributed by atoms with E-state index in [1.807, 2.05) is 19.3 Å². The summed E-state index contributed by atoms with van der Waals surface area (Å²) in [5, 5.41) is 19.8. The van der Waals surface area contributed by atoms with E-state index in [-0.39, 0.29) is 32.3 Å². The Labute approximate surface area is 282 Å². The van der Waals surface area contributed by atoms with Crippen LogP contribution in [-0.2, 0) is 69.0 Å². The quantitative estimate of drug-likeness (QED) is 0.110. The molecule has 1 N–H and O–H groups in total. The number of nitrogens with zero attached hydrogens (tertiary/aromatic N) is 6. The lowest BCUT2D eigenvalue weighted by molar-refractivity contribution is -0.124. The molecule has 0 fully saturated rings. The van der Waals surface area contributed by atoms with Crippen LogP contribution >= 0.6 is 11.8 Å². The molecule has 0 saturated heterocycles. The van der Waals surface area contributed by atoms with Crippen LogP contribution in [0.5, 0.6) is 0 Å². The number of hydrogen-bond donors (Lipinski definition) is 1. The molecular formula is C30H55N7O9S. The highest BCUT2D eigenvalue weighted by Gasteiger charge is 2.28. The molecule has 0 radical (unpaired) electrons. The van der Waals surface area contributed by atoms with Crippen LogP contribution in [0.4, 0.5) is 0 Å². The van der Waals surface area contributed by atoms with Gasteiger partial charge in [0.05, 0.1) is 124 Å². The van der Waals surface area contributed by atoms with E-state index in [1.165, 1.54) is 0 Å². The Hall–Kier alpha value is -2.22. The maximum absolute atomic E-state index is 12.8. The van der Waals surface area contributed by atoms with E-state index < -0.39 is 5.54 Å². The van der Waals surface area contributed by atoms with Gasteiger partial charge in [-0.2, -0.15) is 11.8 Å². The summed E-state index contributed by atoms with van der Waals surface area (Å²) in [7, 11) is 3.28. The third-order valence-electron chi connectivity index (χ3n) is 6.31. The second kappa shape index (κ2) is 26.7. The molecule has 0 unspecified atom stereocenters. The average molecular weight is 690 g/mol. The van der Waals surface area contributed by atoms with Crippen molar-refractivity contribution in [1.82, 2.24) is 35.3 Å². The fraction of sp³-hybridized carbons (Fsp3) is 0.833. The van der Waals surface area contributed by atoms with E-state index in [2.05, 4.69) is 32.9 Å². The van der Waals surface area contributed by atoms with E-state index in [9.17, 15) is 4.79 Å². The molecule has 0 spiro atoms. The van der Waals surface area contributed by atoms with Crippen LogP contribution in [0.1, 0.15) is 38.1 Å². The van der Waals surface area contributed by atoms with Crippen molar-refractivity contribution in [2.45, 2.75) is 58.5 Å². The molecule has 0 atom stereocenters. The van der Waals surface area contributed by atoms with E-state index in [1.54, 1.807) is 35.3 Å². The highest BCUT2D eigenvalue weighted by atomic mass is 32.2. The Kier molecular flexibility index (Phi) is 23.3. The van der Waals surface area contributed by atoms with Gasteiger partial charge in [0, 0.05) is 26.4 Å². The number of rotatable bonds is 32. The average Bonchev–Trinajstić information content (AvgIpc) is 3.71. The van der Waals surface area contributed by atoms with E-state index in [4.69, 9.17) is 37.9 Å². The fourth-order valence-electron chi connectivity index (χ4n) is 3.96. The minimum atomic E-state index is -0.767. The summed E-state index contributed by atoms with van der Waals surface area (Å²) in [5.74, 6) is 1.75. The van der Waals surface area contributed by atoms with Crippen molar-refractivity contribution < 1.29 is 42.7 Å². The molecule has 47 heavy (non-hydrogen) atoms. The van der Waals surface area contributed by atoms with Crippen LogP contribution < -0.4 is 5.32 Å². The second-order valence-corrected chi connectivity index (χ2v) is 12.1. The van der Waals surface area contributed by atoms with Gasteiger partial charge in [-0.25, -0.2) is 9.36 Å². The third kappa shape index (κ3) is 20.7. The zero-order valence-corrected chi connectivity index (χ0v) is 29.4. The lowest BCUT2D eigenvalue weighted by Crippen LogP contribution is -2.53. The van der Waals surface area contributed by atoms with Gasteiger partial charge in [-0.15, -0.1) is 10.2 Å². The first kappa shape index (κ1) is 41.0. The highest BCUT2D eigenvalue weighted by Crippen LogP contribution is 2.12. The summed E-state index contributed by atoms with van der Waals surface area (Å²) in [4.78, 5) is 12.8. The maximum atomic E-state index is 12.8. The molecule has 0 aromatic carbocycles. The number of thioether (sulfide) groups is 1. The Morgan fingerprint density at radius 1 is 0.723 bits per heavy atom. The SMILES string of the molecule is CCCSCCC(=O)NC(C)(COCc1cn(CCOCCOCCOC)nn1)COCc1cn(CCOCCOCCOC)nn1. The van der Waals surface area contributed by atoms with Gasteiger partial charge in [-0.05, 0) is 19.1 Å². The van der Waals surface area contributed by atoms with Crippen molar-refractivity contribution in [2.24, 2.45) is 0 Å². The van der Waals surface area contributed by atoms with Gasteiger partial charge in [0.25, 0.3) is 0 Å². The third-order valence-corrected chi connectivity index (χ3v) is 7.50. The number of carbonyl (C=O) groups excluding carboxylic acids is 1. The molecule has 0 saturated carbocycles.